The van der Waals surface area contributed by atoms with Crippen molar-refractivity contribution in [3.63, 3.8) is 0 Å². The third-order valence-electron chi connectivity index (χ3n) is 2.15. The van der Waals surface area contributed by atoms with Gasteiger partial charge >= 0.3 is 0 Å². The lowest BCUT2D eigenvalue weighted by molar-refractivity contribution is 0.275. The lowest BCUT2D eigenvalue weighted by Gasteiger charge is -2.07. The maximum atomic E-state index is 9.14. The van der Waals surface area contributed by atoms with E-state index in [2.05, 4.69) is 15.2 Å². The Balaban J connectivity index is 2.29. The molecular weight excluding hydrogens is 206 g/mol. The molecule has 0 aromatic carbocycles. The van der Waals surface area contributed by atoms with Crippen molar-refractivity contribution < 1.29 is 9.84 Å². The maximum absolute atomic E-state index is 9.14. The number of aromatic nitrogens is 3. The predicted octanol–water partition coefficient (Wildman–Crippen LogP) is 1.71. The summed E-state index contributed by atoms with van der Waals surface area (Å²) >= 11 is 0. The van der Waals surface area contributed by atoms with Gasteiger partial charge in [0.15, 0.2) is 0 Å². The lowest BCUT2D eigenvalue weighted by atomic mass is 10.2. The summed E-state index contributed by atoms with van der Waals surface area (Å²) in [4.78, 5) is 4.09. The van der Waals surface area contributed by atoms with Crippen LogP contribution in [0.2, 0.25) is 0 Å². The van der Waals surface area contributed by atoms with Gasteiger partial charge in [0.2, 0.25) is 5.88 Å². The number of H-pyrrole nitrogens is 1. The number of nitrogens with zero attached hydrogens (tertiary/aromatic N) is 2. The highest BCUT2D eigenvalue weighted by molar-refractivity contribution is 5.35. The van der Waals surface area contributed by atoms with Crippen LogP contribution in [0.3, 0.4) is 0 Å². The molecule has 0 atom stereocenters. The maximum Gasteiger partial charge on any atom is 0.238 e. The van der Waals surface area contributed by atoms with E-state index in [0.29, 0.717) is 17.2 Å². The molecule has 2 N–H and O–H groups in total. The van der Waals surface area contributed by atoms with Gasteiger partial charge in [0, 0.05) is 35.3 Å². The number of ether oxygens (including phenoxy) is 1. The monoisotopic (exact) mass is 219 g/mol. The van der Waals surface area contributed by atoms with E-state index in [0.717, 1.165) is 11.4 Å². The van der Waals surface area contributed by atoms with E-state index in [1.165, 1.54) is 0 Å². The molecule has 2 aromatic heterocycles. The summed E-state index contributed by atoms with van der Waals surface area (Å²) in [5, 5.41) is 15.9. The van der Waals surface area contributed by atoms with Crippen molar-refractivity contribution in [3.05, 3.63) is 35.3 Å². The van der Waals surface area contributed by atoms with E-state index in [1.54, 1.807) is 18.3 Å². The number of pyridine rings is 1. The molecule has 84 valence electrons. The second kappa shape index (κ2) is 4.32. The standard InChI is InChI=1S/C11H13N3O2/c1-7-3-10(9(6-15)5-12-7)16-11-4-8(2)13-14-11/h3-5,15H,6H2,1-2H3,(H,13,14). The molecule has 2 heterocycles. The molecule has 5 nitrogen and oxygen atoms in total. The molecular formula is C11H13N3O2. The number of hydrogen-bond acceptors (Lipinski definition) is 4. The van der Waals surface area contributed by atoms with Crippen LogP contribution in [0.4, 0.5) is 0 Å². The van der Waals surface area contributed by atoms with Crippen LogP contribution < -0.4 is 4.74 Å². The first-order chi connectivity index (χ1) is 7.69. The van der Waals surface area contributed by atoms with Crippen molar-refractivity contribution in [2.45, 2.75) is 20.5 Å². The van der Waals surface area contributed by atoms with Gasteiger partial charge in [-0.05, 0) is 13.8 Å². The molecule has 0 fully saturated rings. The van der Waals surface area contributed by atoms with Crippen LogP contribution in [-0.4, -0.2) is 20.3 Å². The summed E-state index contributed by atoms with van der Waals surface area (Å²) in [6, 6.07) is 3.56. The zero-order chi connectivity index (χ0) is 11.5. The molecule has 0 amide bonds. The largest absolute Gasteiger partial charge is 0.437 e. The Morgan fingerprint density at radius 1 is 1.38 bits per heavy atom. The number of rotatable bonds is 3. The summed E-state index contributed by atoms with van der Waals surface area (Å²) in [7, 11) is 0. The summed E-state index contributed by atoms with van der Waals surface area (Å²) in [6.45, 7) is 3.65. The van der Waals surface area contributed by atoms with Crippen LogP contribution >= 0.6 is 0 Å². The van der Waals surface area contributed by atoms with Gasteiger partial charge in [0.1, 0.15) is 5.75 Å². The van der Waals surface area contributed by atoms with Gasteiger partial charge in [0.25, 0.3) is 0 Å². The number of aryl methyl sites for hydroxylation is 2. The molecule has 0 saturated carbocycles. The van der Waals surface area contributed by atoms with Crippen LogP contribution in [0.25, 0.3) is 0 Å². The first-order valence-corrected chi connectivity index (χ1v) is 4.95. The van der Waals surface area contributed by atoms with Crippen molar-refractivity contribution >= 4 is 0 Å². The number of aromatic amines is 1. The SMILES string of the molecule is Cc1cc(Oc2cc(C)[nH]n2)c(CO)cn1. The Bertz CT molecular complexity index is 494. The molecule has 0 aliphatic heterocycles. The molecule has 0 bridgehead atoms. The van der Waals surface area contributed by atoms with Crippen LogP contribution in [0.1, 0.15) is 17.0 Å². The third kappa shape index (κ3) is 2.20. The molecule has 0 aliphatic carbocycles. The first-order valence-electron chi connectivity index (χ1n) is 4.95. The van der Waals surface area contributed by atoms with E-state index >= 15 is 0 Å². The summed E-state index contributed by atoms with van der Waals surface area (Å²) < 4.78 is 5.56. The van der Waals surface area contributed by atoms with Gasteiger partial charge in [0.05, 0.1) is 6.61 Å². The average Bonchev–Trinajstić information content (AvgIpc) is 2.64. The smallest absolute Gasteiger partial charge is 0.238 e. The van der Waals surface area contributed by atoms with E-state index in [4.69, 9.17) is 9.84 Å². The molecule has 16 heavy (non-hydrogen) atoms. The Labute approximate surface area is 93.1 Å². The van der Waals surface area contributed by atoms with Crippen LogP contribution in [0.5, 0.6) is 11.6 Å². The predicted molar refractivity (Wildman–Crippen MR) is 58.3 cm³/mol. The fourth-order valence-electron chi connectivity index (χ4n) is 1.33. The Hall–Kier alpha value is -1.88. The van der Waals surface area contributed by atoms with Crippen LogP contribution in [-0.2, 0) is 6.61 Å². The third-order valence-corrected chi connectivity index (χ3v) is 2.15. The van der Waals surface area contributed by atoms with Crippen molar-refractivity contribution in [3.8, 4) is 11.6 Å². The molecule has 0 unspecified atom stereocenters. The first kappa shape index (κ1) is 10.6. The number of aliphatic hydroxyl groups excluding tert-OH is 1. The summed E-state index contributed by atoms with van der Waals surface area (Å²) in [5.74, 6) is 1.07. The number of nitrogens with one attached hydrogen (secondary N) is 1. The minimum absolute atomic E-state index is 0.105. The number of aliphatic hydroxyl groups is 1. The van der Waals surface area contributed by atoms with Gasteiger partial charge < -0.3 is 9.84 Å². The molecule has 0 aliphatic rings. The van der Waals surface area contributed by atoms with Gasteiger partial charge in [-0.3, -0.25) is 10.1 Å². The van der Waals surface area contributed by atoms with Gasteiger partial charge in [-0.1, -0.05) is 0 Å². The minimum atomic E-state index is -0.105. The molecule has 5 heteroatoms. The van der Waals surface area contributed by atoms with Crippen molar-refractivity contribution in [1.29, 1.82) is 0 Å². The second-order valence-electron chi connectivity index (χ2n) is 3.58. The van der Waals surface area contributed by atoms with E-state index in [1.807, 2.05) is 13.8 Å². The molecule has 0 radical (unpaired) electrons. The molecule has 0 saturated heterocycles. The Morgan fingerprint density at radius 2 is 2.19 bits per heavy atom. The fourth-order valence-corrected chi connectivity index (χ4v) is 1.33. The van der Waals surface area contributed by atoms with E-state index in [9.17, 15) is 0 Å². The normalized spacial score (nSPS) is 10.4. The van der Waals surface area contributed by atoms with Crippen LogP contribution in [0.15, 0.2) is 18.3 Å². The topological polar surface area (TPSA) is 71.0 Å². The van der Waals surface area contributed by atoms with Crippen molar-refractivity contribution in [1.82, 2.24) is 15.2 Å². The van der Waals surface area contributed by atoms with Crippen molar-refractivity contribution in [2.75, 3.05) is 0 Å². The van der Waals surface area contributed by atoms with Crippen molar-refractivity contribution in [2.24, 2.45) is 0 Å². The fraction of sp³-hybridized carbons (Fsp3) is 0.273. The van der Waals surface area contributed by atoms with Crippen LogP contribution in [0, 0.1) is 13.8 Å². The van der Waals surface area contributed by atoms with Gasteiger partial charge in [-0.2, -0.15) is 0 Å². The van der Waals surface area contributed by atoms with E-state index in [-0.39, 0.29) is 6.61 Å². The summed E-state index contributed by atoms with van der Waals surface area (Å²) in [6.07, 6.45) is 1.60. The zero-order valence-corrected chi connectivity index (χ0v) is 9.19. The minimum Gasteiger partial charge on any atom is -0.437 e. The second-order valence-corrected chi connectivity index (χ2v) is 3.58. The highest BCUT2D eigenvalue weighted by atomic mass is 16.5. The highest BCUT2D eigenvalue weighted by Crippen LogP contribution is 2.24. The zero-order valence-electron chi connectivity index (χ0n) is 9.19. The van der Waals surface area contributed by atoms with Gasteiger partial charge in [-0.25, -0.2) is 0 Å². The molecule has 2 rings (SSSR count). The molecule has 0 spiro atoms. The quantitative estimate of drug-likeness (QED) is 0.824. The number of hydrogen-bond donors (Lipinski definition) is 2. The summed E-state index contributed by atoms with van der Waals surface area (Å²) in [5.41, 5.74) is 2.40. The Kier molecular flexibility index (Phi) is 2.87. The Morgan fingerprint density at radius 3 is 2.81 bits per heavy atom. The average molecular weight is 219 g/mol. The molecule has 2 aromatic rings. The lowest BCUT2D eigenvalue weighted by Crippen LogP contribution is -1.94. The van der Waals surface area contributed by atoms with Gasteiger partial charge in [-0.15, -0.1) is 5.10 Å². The highest BCUT2D eigenvalue weighted by Gasteiger charge is 2.07. The van der Waals surface area contributed by atoms with E-state index < -0.39 is 0 Å².